The topological polar surface area (TPSA) is 101 Å². The predicted octanol–water partition coefficient (Wildman–Crippen LogP) is 3.43. The zero-order valence-electron chi connectivity index (χ0n) is 18.7. The molecule has 0 fully saturated rings. The number of carbonyl (C=O) groups is 1. The highest BCUT2D eigenvalue weighted by molar-refractivity contribution is 5.94. The van der Waals surface area contributed by atoms with E-state index in [0.29, 0.717) is 12.1 Å². The number of likely N-dealkylation sites (N-methyl/N-ethyl adjacent to an activating group) is 1. The summed E-state index contributed by atoms with van der Waals surface area (Å²) >= 11 is 0. The molecule has 4 N–H and O–H groups in total. The minimum Gasteiger partial charge on any atom is -0.489 e. The summed E-state index contributed by atoms with van der Waals surface area (Å²) in [5, 5.41) is 10.0. The quantitative estimate of drug-likeness (QED) is 0.320. The number of hydrogen-bond donors (Lipinski definition) is 3. The number of rotatable bonds is 11. The molecular weight excluding hydrogens is 477 g/mol. The van der Waals surface area contributed by atoms with Crippen molar-refractivity contribution in [3.63, 3.8) is 0 Å². The van der Waals surface area contributed by atoms with Crippen LogP contribution in [0.25, 0.3) is 0 Å². The molecule has 0 saturated carbocycles. The smallest absolute Gasteiger partial charge is 0.254 e. The molecule has 2 aromatic rings. The molecule has 11 heteroatoms. The van der Waals surface area contributed by atoms with Gasteiger partial charge in [-0.3, -0.25) is 10.2 Å². The van der Waals surface area contributed by atoms with E-state index in [2.05, 4.69) is 5.32 Å². The van der Waals surface area contributed by atoms with Crippen molar-refractivity contribution in [3.8, 4) is 5.75 Å². The zero-order valence-corrected chi connectivity index (χ0v) is 20.3. The first-order chi connectivity index (χ1) is 14.7. The van der Waals surface area contributed by atoms with Gasteiger partial charge in [-0.05, 0) is 38.7 Å². The Labute approximate surface area is 204 Å². The number of halogens is 4. The third-order valence-corrected chi connectivity index (χ3v) is 4.45. The van der Waals surface area contributed by atoms with Gasteiger partial charge < -0.3 is 25.4 Å². The molecule has 2 aromatic carbocycles. The molecule has 0 spiro atoms. The predicted molar refractivity (Wildman–Crippen MR) is 129 cm³/mol. The van der Waals surface area contributed by atoms with Crippen molar-refractivity contribution in [1.29, 1.82) is 5.41 Å². The second-order valence-electron chi connectivity index (χ2n) is 7.09. The molecule has 7 nitrogen and oxygen atoms in total. The molecule has 0 aliphatic rings. The average molecular weight is 507 g/mol. The molecule has 184 valence electrons. The van der Waals surface area contributed by atoms with Crippen molar-refractivity contribution in [2.24, 2.45) is 5.73 Å². The number of benzene rings is 2. The Morgan fingerprint density at radius 1 is 1.15 bits per heavy atom. The highest BCUT2D eigenvalue weighted by Gasteiger charge is 2.29. The van der Waals surface area contributed by atoms with E-state index in [1.807, 2.05) is 19.0 Å². The molecule has 0 saturated heterocycles. The number of carbonyl (C=O) groups excluding carboxylic acids is 1. The third kappa shape index (κ3) is 8.77. The van der Waals surface area contributed by atoms with Crippen molar-refractivity contribution < 1.29 is 23.0 Å². The van der Waals surface area contributed by atoms with Crippen LogP contribution in [0.2, 0.25) is 0 Å². The number of nitrogens with zero attached hydrogens (tertiary/aromatic N) is 1. The number of nitrogens with two attached hydrogens (primary N) is 1. The summed E-state index contributed by atoms with van der Waals surface area (Å²) in [4.78, 5) is 14.6. The first-order valence-corrected chi connectivity index (χ1v) is 9.82. The van der Waals surface area contributed by atoms with E-state index < -0.39 is 29.2 Å². The third-order valence-electron chi connectivity index (χ3n) is 4.45. The minimum atomic E-state index is -1.47. The minimum absolute atomic E-state index is 0. The van der Waals surface area contributed by atoms with E-state index in [4.69, 9.17) is 20.6 Å². The Bertz CT molecular complexity index is 915. The van der Waals surface area contributed by atoms with Crippen molar-refractivity contribution in [2.75, 3.05) is 33.9 Å². The lowest BCUT2D eigenvalue weighted by Gasteiger charge is -2.20. The first-order valence-electron chi connectivity index (χ1n) is 9.82. The molecule has 0 unspecified atom stereocenters. The number of nitrogens with one attached hydrogen (secondary N) is 2. The van der Waals surface area contributed by atoms with Gasteiger partial charge in [0.25, 0.3) is 5.91 Å². The maximum Gasteiger partial charge on any atom is 0.254 e. The van der Waals surface area contributed by atoms with E-state index in [9.17, 15) is 9.18 Å². The Kier molecular flexibility index (Phi) is 13.5. The maximum absolute atomic E-state index is 15.0. The van der Waals surface area contributed by atoms with Gasteiger partial charge in [0, 0.05) is 25.3 Å². The first kappa shape index (κ1) is 30.5. The van der Waals surface area contributed by atoms with Crippen LogP contribution in [0, 0.1) is 17.0 Å². The van der Waals surface area contributed by atoms with E-state index in [1.54, 1.807) is 31.2 Å². The molecular formula is C22H30Cl2F2N4O3. The van der Waals surface area contributed by atoms with Crippen LogP contribution in [0.4, 0.5) is 8.78 Å². The molecule has 0 aromatic heterocycles. The molecule has 0 bridgehead atoms. The van der Waals surface area contributed by atoms with Crippen molar-refractivity contribution >= 4 is 36.6 Å². The van der Waals surface area contributed by atoms with Crippen LogP contribution < -0.4 is 15.8 Å². The van der Waals surface area contributed by atoms with Crippen LogP contribution in [0.5, 0.6) is 5.75 Å². The molecule has 1 atom stereocenters. The summed E-state index contributed by atoms with van der Waals surface area (Å²) in [6.07, 6.45) is -1.47. The van der Waals surface area contributed by atoms with Gasteiger partial charge in [0.15, 0.2) is 17.7 Å². The average Bonchev–Trinajstić information content (AvgIpc) is 2.73. The zero-order chi connectivity index (χ0) is 23.0. The van der Waals surface area contributed by atoms with Gasteiger partial charge in [-0.2, -0.15) is 0 Å². The van der Waals surface area contributed by atoms with Gasteiger partial charge in [-0.25, -0.2) is 8.78 Å². The van der Waals surface area contributed by atoms with Gasteiger partial charge in [0.2, 0.25) is 0 Å². The van der Waals surface area contributed by atoms with E-state index in [1.165, 1.54) is 6.07 Å². The van der Waals surface area contributed by atoms with Crippen LogP contribution >= 0.6 is 24.8 Å². The molecule has 0 radical (unpaired) electrons. The highest BCUT2D eigenvalue weighted by Crippen LogP contribution is 2.30. The number of nitrogen functional groups attached to an aromatic ring is 1. The van der Waals surface area contributed by atoms with Crippen LogP contribution in [-0.2, 0) is 16.1 Å². The van der Waals surface area contributed by atoms with E-state index in [-0.39, 0.29) is 56.2 Å². The molecule has 2 rings (SSSR count). The Morgan fingerprint density at radius 3 is 2.33 bits per heavy atom. The normalized spacial score (nSPS) is 11.2. The lowest BCUT2D eigenvalue weighted by Crippen LogP contribution is -2.32. The van der Waals surface area contributed by atoms with Crippen LogP contribution in [0.15, 0.2) is 36.4 Å². The number of hydrogen-bond acceptors (Lipinski definition) is 5. The van der Waals surface area contributed by atoms with E-state index >= 15 is 4.39 Å². The molecule has 33 heavy (non-hydrogen) atoms. The Balaban J connectivity index is 0.00000512. The van der Waals surface area contributed by atoms with Crippen molar-refractivity contribution in [2.45, 2.75) is 19.6 Å². The molecule has 0 aliphatic heterocycles. The highest BCUT2D eigenvalue weighted by atomic mass is 35.5. The maximum atomic E-state index is 15.0. The monoisotopic (exact) mass is 506 g/mol. The van der Waals surface area contributed by atoms with Gasteiger partial charge in [0.1, 0.15) is 18.3 Å². The molecule has 0 heterocycles. The number of ether oxygens (including phenoxy) is 2. The van der Waals surface area contributed by atoms with Gasteiger partial charge in [-0.15, -0.1) is 24.8 Å². The molecule has 1 amide bonds. The Morgan fingerprint density at radius 2 is 1.79 bits per heavy atom. The summed E-state index contributed by atoms with van der Waals surface area (Å²) in [5.41, 5.74) is 6.22. The largest absolute Gasteiger partial charge is 0.489 e. The summed E-state index contributed by atoms with van der Waals surface area (Å²) in [5.74, 6) is -2.74. The number of amidine groups is 1. The SMILES string of the molecule is CCO[C@H](C(=O)NCc1ccc(C(=N)N)cc1)c1c(F)ccc(OCCN(C)C)c1F.Cl.Cl. The second kappa shape index (κ2) is 14.6. The van der Waals surface area contributed by atoms with Gasteiger partial charge in [-0.1, -0.05) is 24.3 Å². The van der Waals surface area contributed by atoms with Crippen LogP contribution in [0.3, 0.4) is 0 Å². The fraction of sp³-hybridized carbons (Fsp3) is 0.364. The van der Waals surface area contributed by atoms with Crippen LogP contribution in [0.1, 0.15) is 29.7 Å². The van der Waals surface area contributed by atoms with Crippen LogP contribution in [-0.4, -0.2) is 50.5 Å². The summed E-state index contributed by atoms with van der Waals surface area (Å²) < 4.78 is 40.3. The summed E-state index contributed by atoms with van der Waals surface area (Å²) in [6.45, 7) is 2.58. The van der Waals surface area contributed by atoms with Crippen molar-refractivity contribution in [1.82, 2.24) is 10.2 Å². The molecule has 0 aliphatic carbocycles. The fourth-order valence-corrected chi connectivity index (χ4v) is 2.78. The second-order valence-corrected chi connectivity index (χ2v) is 7.09. The summed E-state index contributed by atoms with van der Waals surface area (Å²) in [6, 6.07) is 8.96. The number of amides is 1. The van der Waals surface area contributed by atoms with Crippen molar-refractivity contribution in [3.05, 3.63) is 64.7 Å². The fourth-order valence-electron chi connectivity index (χ4n) is 2.78. The standard InChI is InChI=1S/C22H28F2N4O3.2ClH/c1-4-30-20(22(29)27-13-14-5-7-15(8-6-14)21(25)26)18-16(23)9-10-17(19(18)24)31-12-11-28(2)3;;/h5-10,20H,4,11-13H2,1-3H3,(H3,25,26)(H,27,29);2*1H/t20-;;/m0../s1. The van der Waals surface area contributed by atoms with Gasteiger partial charge in [0.05, 0.1) is 5.56 Å². The summed E-state index contributed by atoms with van der Waals surface area (Å²) in [7, 11) is 3.69. The van der Waals surface area contributed by atoms with E-state index in [0.717, 1.165) is 11.6 Å². The lowest BCUT2D eigenvalue weighted by molar-refractivity contribution is -0.133. The Hall–Kier alpha value is -2.46. The van der Waals surface area contributed by atoms with Gasteiger partial charge >= 0.3 is 0 Å². The lowest BCUT2D eigenvalue weighted by atomic mass is 10.1.